The van der Waals surface area contributed by atoms with E-state index >= 15 is 0 Å². The molecule has 0 saturated heterocycles. The maximum Gasteiger partial charge on any atom is 0.185 e. The highest BCUT2D eigenvalue weighted by molar-refractivity contribution is 6.07. The quantitative estimate of drug-likeness (QED) is 0.341. The molecule has 0 unspecified atom stereocenters. The molecule has 0 aliphatic rings. The second-order valence-corrected chi connectivity index (χ2v) is 6.54. The molecule has 0 spiro atoms. The van der Waals surface area contributed by atoms with Crippen LogP contribution in [0.3, 0.4) is 0 Å². The van der Waals surface area contributed by atoms with Crippen molar-refractivity contribution in [2.75, 3.05) is 20.0 Å². The van der Waals surface area contributed by atoms with Crippen LogP contribution < -0.4 is 15.2 Å². The van der Waals surface area contributed by atoms with Crippen LogP contribution >= 0.6 is 0 Å². The van der Waals surface area contributed by atoms with Gasteiger partial charge in [0.1, 0.15) is 11.5 Å². The van der Waals surface area contributed by atoms with Crippen LogP contribution in [0, 0.1) is 0 Å². The molecule has 0 aliphatic carbocycles. The molecule has 26 heavy (non-hydrogen) atoms. The molecule has 0 amide bonds. The Balaban J connectivity index is 2.44. The number of methoxy groups -OCH3 is 2. The van der Waals surface area contributed by atoms with Crippen molar-refractivity contribution < 1.29 is 14.3 Å². The minimum Gasteiger partial charge on any atom is -0.496 e. The van der Waals surface area contributed by atoms with Crippen molar-refractivity contribution in [3.63, 3.8) is 0 Å². The van der Waals surface area contributed by atoms with Crippen molar-refractivity contribution >= 4 is 17.5 Å². The largest absolute Gasteiger partial charge is 0.496 e. The molecule has 0 aromatic heterocycles. The molecule has 2 aromatic carbocycles. The Bertz CT molecular complexity index is 833. The zero-order valence-corrected chi connectivity index (χ0v) is 15.7. The van der Waals surface area contributed by atoms with E-state index in [0.717, 1.165) is 11.1 Å². The molecule has 4 nitrogen and oxygen atoms in total. The van der Waals surface area contributed by atoms with Crippen LogP contribution in [-0.4, -0.2) is 20.0 Å². The number of hydrogen-bond acceptors (Lipinski definition) is 4. The van der Waals surface area contributed by atoms with Crippen molar-refractivity contribution in [2.24, 2.45) is 0 Å². The van der Waals surface area contributed by atoms with Crippen molar-refractivity contribution in [1.82, 2.24) is 0 Å². The first-order chi connectivity index (χ1) is 12.3. The number of ketones is 1. The SMILES string of the molecule is C=CC(C)(C)c1cc(/C=C/C(=O)c2ccc(N)cc2)c(OC)cc1OC. The second kappa shape index (κ2) is 7.91. The molecule has 0 saturated carbocycles. The molecular formula is C22H25NO3. The summed E-state index contributed by atoms with van der Waals surface area (Å²) >= 11 is 0. The van der Waals surface area contributed by atoms with Gasteiger partial charge in [-0.1, -0.05) is 19.9 Å². The molecule has 0 fully saturated rings. The van der Waals surface area contributed by atoms with Gasteiger partial charge in [-0.15, -0.1) is 6.58 Å². The predicted molar refractivity (Wildman–Crippen MR) is 107 cm³/mol. The van der Waals surface area contributed by atoms with E-state index in [0.29, 0.717) is 22.7 Å². The van der Waals surface area contributed by atoms with Crippen LogP contribution in [0.4, 0.5) is 5.69 Å². The summed E-state index contributed by atoms with van der Waals surface area (Å²) in [6.45, 7) is 8.01. The van der Waals surface area contributed by atoms with Gasteiger partial charge in [0.05, 0.1) is 14.2 Å². The highest BCUT2D eigenvalue weighted by Crippen LogP contribution is 2.38. The van der Waals surface area contributed by atoms with Crippen molar-refractivity contribution in [2.45, 2.75) is 19.3 Å². The Morgan fingerprint density at radius 1 is 1.08 bits per heavy atom. The summed E-state index contributed by atoms with van der Waals surface area (Å²) < 4.78 is 11.0. The monoisotopic (exact) mass is 351 g/mol. The van der Waals surface area contributed by atoms with E-state index < -0.39 is 0 Å². The fourth-order valence-corrected chi connectivity index (χ4v) is 2.58. The lowest BCUT2D eigenvalue weighted by Gasteiger charge is -2.24. The lowest BCUT2D eigenvalue weighted by molar-refractivity contribution is 0.104. The molecule has 2 rings (SSSR count). The topological polar surface area (TPSA) is 61.6 Å². The number of hydrogen-bond donors (Lipinski definition) is 1. The van der Waals surface area contributed by atoms with Gasteiger partial charge in [-0.2, -0.15) is 0 Å². The van der Waals surface area contributed by atoms with Gasteiger partial charge in [0.25, 0.3) is 0 Å². The molecule has 0 aliphatic heterocycles. The normalized spacial score (nSPS) is 11.4. The van der Waals surface area contributed by atoms with E-state index in [1.54, 1.807) is 44.6 Å². The number of benzene rings is 2. The van der Waals surface area contributed by atoms with E-state index in [1.807, 2.05) is 18.2 Å². The predicted octanol–water partition coefficient (Wildman–Crippen LogP) is 4.65. The average molecular weight is 351 g/mol. The first kappa shape index (κ1) is 19.3. The first-order valence-corrected chi connectivity index (χ1v) is 8.30. The summed E-state index contributed by atoms with van der Waals surface area (Å²) in [5, 5.41) is 0. The van der Waals surface area contributed by atoms with E-state index in [2.05, 4.69) is 20.4 Å². The number of allylic oxidation sites excluding steroid dienone is 2. The number of nitrogens with two attached hydrogens (primary N) is 1. The summed E-state index contributed by atoms with van der Waals surface area (Å²) in [5.41, 5.74) is 8.33. The minimum atomic E-state index is -0.291. The molecule has 0 atom stereocenters. The summed E-state index contributed by atoms with van der Waals surface area (Å²) in [6, 6.07) is 10.6. The van der Waals surface area contributed by atoms with Gasteiger partial charge in [-0.25, -0.2) is 0 Å². The Morgan fingerprint density at radius 3 is 2.23 bits per heavy atom. The summed E-state index contributed by atoms with van der Waals surface area (Å²) in [4.78, 5) is 12.4. The van der Waals surface area contributed by atoms with E-state index in [1.165, 1.54) is 6.08 Å². The van der Waals surface area contributed by atoms with Gasteiger partial charge >= 0.3 is 0 Å². The number of carbonyl (C=O) groups is 1. The Kier molecular flexibility index (Phi) is 5.88. The van der Waals surface area contributed by atoms with E-state index in [9.17, 15) is 4.79 Å². The van der Waals surface area contributed by atoms with Crippen LogP contribution in [0.25, 0.3) is 6.08 Å². The second-order valence-electron chi connectivity index (χ2n) is 6.54. The van der Waals surface area contributed by atoms with Crippen molar-refractivity contribution in [1.29, 1.82) is 0 Å². The molecule has 0 bridgehead atoms. The van der Waals surface area contributed by atoms with Crippen LogP contribution in [0.2, 0.25) is 0 Å². The smallest absolute Gasteiger partial charge is 0.185 e. The zero-order valence-electron chi connectivity index (χ0n) is 15.7. The third kappa shape index (κ3) is 4.14. The summed E-state index contributed by atoms with van der Waals surface area (Å²) in [6.07, 6.45) is 5.14. The Labute approximate surface area is 154 Å². The van der Waals surface area contributed by atoms with Crippen molar-refractivity contribution in [3.8, 4) is 11.5 Å². The number of anilines is 1. The number of rotatable bonds is 7. The van der Waals surface area contributed by atoms with Gasteiger partial charge in [0, 0.05) is 33.9 Å². The minimum absolute atomic E-state index is 0.104. The Morgan fingerprint density at radius 2 is 1.69 bits per heavy atom. The maximum absolute atomic E-state index is 12.4. The van der Waals surface area contributed by atoms with Gasteiger partial charge < -0.3 is 15.2 Å². The van der Waals surface area contributed by atoms with Gasteiger partial charge in [-0.3, -0.25) is 4.79 Å². The molecule has 2 aromatic rings. The average Bonchev–Trinajstić information content (AvgIpc) is 2.65. The number of carbonyl (C=O) groups excluding carboxylic acids is 1. The zero-order chi connectivity index (χ0) is 19.3. The molecule has 0 heterocycles. The highest BCUT2D eigenvalue weighted by Gasteiger charge is 2.23. The van der Waals surface area contributed by atoms with Gasteiger partial charge in [0.15, 0.2) is 5.78 Å². The molecule has 136 valence electrons. The molecule has 2 N–H and O–H groups in total. The van der Waals surface area contributed by atoms with Crippen molar-refractivity contribution in [3.05, 3.63) is 71.8 Å². The van der Waals surface area contributed by atoms with Crippen LogP contribution in [0.5, 0.6) is 11.5 Å². The van der Waals surface area contributed by atoms with Crippen LogP contribution in [0.15, 0.2) is 55.1 Å². The maximum atomic E-state index is 12.4. The van der Waals surface area contributed by atoms with E-state index in [4.69, 9.17) is 15.2 Å². The lowest BCUT2D eigenvalue weighted by atomic mass is 9.83. The third-order valence-electron chi connectivity index (χ3n) is 4.37. The first-order valence-electron chi connectivity index (χ1n) is 8.30. The number of nitrogen functional groups attached to an aromatic ring is 1. The number of ether oxygens (including phenoxy) is 2. The highest BCUT2D eigenvalue weighted by atomic mass is 16.5. The standard InChI is InChI=1S/C22H25NO3/c1-6-22(2,3)18-13-16(20(25-4)14-21(18)26-5)9-12-19(24)15-7-10-17(23)11-8-15/h6-14H,1,23H2,2-5H3/b12-9+. The molecule has 4 heteroatoms. The van der Waals surface area contributed by atoms with Crippen LogP contribution in [-0.2, 0) is 5.41 Å². The fraction of sp³-hybridized carbons (Fsp3) is 0.227. The van der Waals surface area contributed by atoms with E-state index in [-0.39, 0.29) is 11.2 Å². The van der Waals surface area contributed by atoms with Crippen LogP contribution in [0.1, 0.15) is 35.3 Å². The fourth-order valence-electron chi connectivity index (χ4n) is 2.58. The Hall–Kier alpha value is -3.01. The molecular weight excluding hydrogens is 326 g/mol. The lowest BCUT2D eigenvalue weighted by Crippen LogP contribution is -2.15. The molecule has 0 radical (unpaired) electrons. The summed E-state index contributed by atoms with van der Waals surface area (Å²) in [7, 11) is 3.21. The van der Waals surface area contributed by atoms with Gasteiger partial charge in [-0.05, 0) is 42.5 Å². The summed E-state index contributed by atoms with van der Waals surface area (Å²) in [5.74, 6) is 1.24. The van der Waals surface area contributed by atoms with Gasteiger partial charge in [0.2, 0.25) is 0 Å². The third-order valence-corrected chi connectivity index (χ3v) is 4.37.